The maximum atomic E-state index is 12.1. The summed E-state index contributed by atoms with van der Waals surface area (Å²) in [4.78, 5) is 13.8. The minimum absolute atomic E-state index is 0.0394. The van der Waals surface area contributed by atoms with E-state index in [0.717, 1.165) is 23.4 Å². The maximum absolute atomic E-state index is 12.1. The molecule has 6 heteroatoms. The third-order valence-corrected chi connectivity index (χ3v) is 3.52. The first kappa shape index (κ1) is 15.0. The maximum Gasteiger partial charge on any atom is 0.246 e. The Morgan fingerprint density at radius 3 is 2.71 bits per heavy atom. The van der Waals surface area contributed by atoms with Gasteiger partial charge in [-0.3, -0.25) is 14.2 Å². The van der Waals surface area contributed by atoms with Crippen LogP contribution in [0.25, 0.3) is 6.08 Å². The van der Waals surface area contributed by atoms with E-state index >= 15 is 0 Å². The molecule has 0 fully saturated rings. The van der Waals surface area contributed by atoms with Crippen molar-refractivity contribution >= 4 is 12.0 Å². The van der Waals surface area contributed by atoms with Gasteiger partial charge in [0.15, 0.2) is 0 Å². The second-order valence-corrected chi connectivity index (χ2v) is 5.04. The number of hydrogen-bond acceptors (Lipinski definition) is 3. The van der Waals surface area contributed by atoms with Crippen molar-refractivity contribution in [3.63, 3.8) is 0 Å². The molecule has 0 saturated carbocycles. The fraction of sp³-hybridized carbons (Fsp3) is 0.400. The van der Waals surface area contributed by atoms with Crippen molar-refractivity contribution in [1.29, 1.82) is 0 Å². The summed E-state index contributed by atoms with van der Waals surface area (Å²) in [6.07, 6.45) is 8.82. The monoisotopic (exact) mass is 287 g/mol. The van der Waals surface area contributed by atoms with Crippen molar-refractivity contribution in [3.05, 3.63) is 41.5 Å². The molecule has 0 radical (unpaired) electrons. The third kappa shape index (κ3) is 3.59. The van der Waals surface area contributed by atoms with E-state index in [1.54, 1.807) is 36.5 Å². The van der Waals surface area contributed by atoms with Crippen LogP contribution >= 0.6 is 0 Å². The molecular weight excluding hydrogens is 266 g/mol. The van der Waals surface area contributed by atoms with Crippen LogP contribution in [0.15, 0.2) is 24.7 Å². The Kier molecular flexibility index (Phi) is 4.57. The van der Waals surface area contributed by atoms with Crippen molar-refractivity contribution in [2.75, 3.05) is 7.05 Å². The largest absolute Gasteiger partial charge is 0.338 e. The van der Waals surface area contributed by atoms with Crippen LogP contribution in [0.4, 0.5) is 0 Å². The molecule has 0 aromatic carbocycles. The molecule has 0 aliphatic heterocycles. The highest BCUT2D eigenvalue weighted by atomic mass is 16.2. The molecule has 2 aromatic heterocycles. The summed E-state index contributed by atoms with van der Waals surface area (Å²) in [5, 5.41) is 8.35. The quantitative estimate of drug-likeness (QED) is 0.785. The van der Waals surface area contributed by atoms with Gasteiger partial charge in [-0.1, -0.05) is 0 Å². The molecule has 21 heavy (non-hydrogen) atoms. The molecular formula is C15H21N5O. The third-order valence-electron chi connectivity index (χ3n) is 3.52. The lowest BCUT2D eigenvalue weighted by Crippen LogP contribution is -2.24. The molecule has 2 rings (SSSR count). The molecule has 0 aliphatic rings. The summed E-state index contributed by atoms with van der Waals surface area (Å²) in [6.45, 7) is 5.39. The van der Waals surface area contributed by atoms with Crippen molar-refractivity contribution in [3.8, 4) is 0 Å². The lowest BCUT2D eigenvalue weighted by molar-refractivity contribution is -0.125. The van der Waals surface area contributed by atoms with Crippen molar-refractivity contribution in [2.45, 2.75) is 26.9 Å². The van der Waals surface area contributed by atoms with E-state index < -0.39 is 0 Å². The number of aromatic nitrogens is 4. The van der Waals surface area contributed by atoms with Gasteiger partial charge in [0.2, 0.25) is 5.91 Å². The topological polar surface area (TPSA) is 56.0 Å². The SMILES string of the molecule is CCn1cc(/C=C/C(=O)N(C)Cc2cnn(C)c2C)cn1. The first-order valence-corrected chi connectivity index (χ1v) is 6.94. The molecule has 0 spiro atoms. The predicted octanol–water partition coefficient (Wildman–Crippen LogP) is 1.62. The van der Waals surface area contributed by atoms with Crippen LogP contribution in [-0.2, 0) is 24.9 Å². The second-order valence-electron chi connectivity index (χ2n) is 5.04. The van der Waals surface area contributed by atoms with E-state index in [1.165, 1.54) is 0 Å². The summed E-state index contributed by atoms with van der Waals surface area (Å²) in [5.74, 6) is -0.0394. The highest BCUT2D eigenvalue weighted by Crippen LogP contribution is 2.09. The smallest absolute Gasteiger partial charge is 0.246 e. The molecule has 0 bridgehead atoms. The zero-order valence-electron chi connectivity index (χ0n) is 12.9. The van der Waals surface area contributed by atoms with Crippen LogP contribution in [0.3, 0.4) is 0 Å². The van der Waals surface area contributed by atoms with Crippen LogP contribution in [0.5, 0.6) is 0 Å². The Morgan fingerprint density at radius 1 is 1.38 bits per heavy atom. The molecule has 0 saturated heterocycles. The summed E-state index contributed by atoms with van der Waals surface area (Å²) < 4.78 is 3.63. The van der Waals surface area contributed by atoms with Crippen LogP contribution < -0.4 is 0 Å². The summed E-state index contributed by atoms with van der Waals surface area (Å²) in [6, 6.07) is 0. The highest BCUT2D eigenvalue weighted by Gasteiger charge is 2.10. The van der Waals surface area contributed by atoms with Gasteiger partial charge in [-0.2, -0.15) is 10.2 Å². The number of nitrogens with zero attached hydrogens (tertiary/aromatic N) is 5. The fourth-order valence-corrected chi connectivity index (χ4v) is 1.97. The van der Waals surface area contributed by atoms with Gasteiger partial charge in [-0.15, -0.1) is 0 Å². The van der Waals surface area contributed by atoms with E-state index in [2.05, 4.69) is 10.2 Å². The molecule has 2 heterocycles. The lowest BCUT2D eigenvalue weighted by Gasteiger charge is -2.14. The Labute approximate surface area is 124 Å². The summed E-state index contributed by atoms with van der Waals surface area (Å²) >= 11 is 0. The zero-order chi connectivity index (χ0) is 15.4. The average Bonchev–Trinajstić information content (AvgIpc) is 3.06. The Hall–Kier alpha value is -2.37. The minimum atomic E-state index is -0.0394. The standard InChI is InChI=1S/C15H21N5O/c1-5-20-10-13(8-17-20)6-7-15(21)18(3)11-14-9-16-19(4)12(14)2/h6-10H,5,11H2,1-4H3/b7-6+. The number of amides is 1. The summed E-state index contributed by atoms with van der Waals surface area (Å²) in [7, 11) is 3.68. The van der Waals surface area contributed by atoms with Crippen LogP contribution in [0.1, 0.15) is 23.7 Å². The second kappa shape index (κ2) is 6.39. The normalized spacial score (nSPS) is 11.2. The molecule has 0 N–H and O–H groups in total. The van der Waals surface area contributed by atoms with Crippen LogP contribution in [-0.4, -0.2) is 37.4 Å². The van der Waals surface area contributed by atoms with Gasteiger partial charge in [0.05, 0.1) is 12.4 Å². The Balaban J connectivity index is 1.97. The number of likely N-dealkylation sites (N-methyl/N-ethyl adjacent to an activating group) is 1. The highest BCUT2D eigenvalue weighted by molar-refractivity contribution is 5.91. The number of aryl methyl sites for hydroxylation is 2. The first-order chi connectivity index (χ1) is 10.0. The van der Waals surface area contributed by atoms with E-state index in [0.29, 0.717) is 6.54 Å². The van der Waals surface area contributed by atoms with Gasteiger partial charge < -0.3 is 4.90 Å². The lowest BCUT2D eigenvalue weighted by atomic mass is 10.2. The Bertz CT molecular complexity index is 653. The van der Waals surface area contributed by atoms with Gasteiger partial charge in [0.1, 0.15) is 0 Å². The van der Waals surface area contributed by atoms with E-state index in [-0.39, 0.29) is 5.91 Å². The number of hydrogen-bond donors (Lipinski definition) is 0. The number of carbonyl (C=O) groups is 1. The van der Waals surface area contributed by atoms with E-state index in [4.69, 9.17) is 0 Å². The van der Waals surface area contributed by atoms with Gasteiger partial charge in [0, 0.05) is 56.3 Å². The van der Waals surface area contributed by atoms with Gasteiger partial charge in [-0.25, -0.2) is 0 Å². The molecule has 0 aliphatic carbocycles. The Morgan fingerprint density at radius 2 is 2.14 bits per heavy atom. The molecule has 112 valence electrons. The predicted molar refractivity (Wildman–Crippen MR) is 81.4 cm³/mol. The molecule has 0 atom stereocenters. The molecule has 2 aromatic rings. The minimum Gasteiger partial charge on any atom is -0.338 e. The zero-order valence-corrected chi connectivity index (χ0v) is 12.9. The van der Waals surface area contributed by atoms with Crippen molar-refractivity contribution < 1.29 is 4.79 Å². The first-order valence-electron chi connectivity index (χ1n) is 6.94. The van der Waals surface area contributed by atoms with E-state index in [9.17, 15) is 4.79 Å². The van der Waals surface area contributed by atoms with Crippen molar-refractivity contribution in [1.82, 2.24) is 24.5 Å². The fourth-order valence-electron chi connectivity index (χ4n) is 1.97. The van der Waals surface area contributed by atoms with Crippen molar-refractivity contribution in [2.24, 2.45) is 7.05 Å². The van der Waals surface area contributed by atoms with Gasteiger partial charge >= 0.3 is 0 Å². The molecule has 6 nitrogen and oxygen atoms in total. The molecule has 0 unspecified atom stereocenters. The van der Waals surface area contributed by atoms with E-state index in [1.807, 2.05) is 36.5 Å². The van der Waals surface area contributed by atoms with Gasteiger partial charge in [0.25, 0.3) is 0 Å². The average molecular weight is 287 g/mol. The van der Waals surface area contributed by atoms with Gasteiger partial charge in [-0.05, 0) is 19.9 Å². The summed E-state index contributed by atoms with van der Waals surface area (Å²) in [5.41, 5.74) is 3.06. The van der Waals surface area contributed by atoms with Crippen LogP contribution in [0.2, 0.25) is 0 Å². The number of rotatable bonds is 5. The van der Waals surface area contributed by atoms with Crippen LogP contribution in [0, 0.1) is 6.92 Å². The number of carbonyl (C=O) groups excluding carboxylic acids is 1. The molecule has 1 amide bonds.